The molecule has 13 nitrogen and oxygen atoms in total. The zero-order chi connectivity index (χ0) is 40.0. The van der Waals surface area contributed by atoms with Crippen molar-refractivity contribution in [2.75, 3.05) is 19.8 Å². The molecule has 0 rings (SSSR count). The Hall–Kier alpha value is -1.43. The van der Waals surface area contributed by atoms with E-state index in [1.807, 2.05) is 0 Å². The van der Waals surface area contributed by atoms with Gasteiger partial charge >= 0.3 is 33.0 Å². The number of unbranched alkanes of at least 4 members (excludes halogenated alkanes) is 22. The van der Waals surface area contributed by atoms with Crippen LogP contribution in [0, 0.1) is 0 Å². The van der Waals surface area contributed by atoms with Gasteiger partial charge in [0.05, 0.1) is 6.61 Å². The molecule has 0 aromatic rings. The minimum atomic E-state index is -5.00. The van der Waals surface area contributed by atoms with E-state index in [9.17, 15) is 23.8 Å². The number of hydrogen-bond acceptors (Lipinski definition) is 9. The van der Waals surface area contributed by atoms with Crippen molar-refractivity contribution < 1.29 is 68.5 Å². The molecule has 2 unspecified atom stereocenters. The summed E-state index contributed by atoms with van der Waals surface area (Å²) in [6.07, 6.45) is 37.8. The molecule has 0 aliphatic heterocycles. The molecule has 0 aromatic heterocycles. The number of ether oxygens (including phenoxy) is 2. The minimum absolute atomic E-state index is 0. The van der Waals surface area contributed by atoms with Crippen molar-refractivity contribution in [3.05, 3.63) is 42.3 Å². The third-order valence-electron chi connectivity index (χ3n) is 9.13. The summed E-state index contributed by atoms with van der Waals surface area (Å²) in [5.41, 5.74) is 7.30. The van der Waals surface area contributed by atoms with Gasteiger partial charge in [-0.1, -0.05) is 141 Å². The molecule has 0 fully saturated rings. The summed E-state index contributed by atoms with van der Waals surface area (Å²) >= 11 is 0. The first-order valence-corrected chi connectivity index (χ1v) is 22.8. The van der Waals surface area contributed by atoms with Gasteiger partial charge in [-0.25, -0.2) is 0 Å². The van der Waals surface area contributed by atoms with Crippen LogP contribution in [0.2, 0.25) is 0 Å². The predicted octanol–water partition coefficient (Wildman–Crippen LogP) is 13.0. The summed E-state index contributed by atoms with van der Waals surface area (Å²) in [7, 11) is -5.00. The number of allylic oxidation sites excluding steroid dienone is 4. The first kappa shape index (κ1) is 62.2. The third-order valence-corrected chi connectivity index (χ3v) is 10.1. The zero-order valence-electron chi connectivity index (χ0n) is 35.4. The molecule has 0 bridgehead atoms. The van der Waals surface area contributed by atoms with Gasteiger partial charge in [0, 0.05) is 19.4 Å². The van der Waals surface area contributed by atoms with Gasteiger partial charge in [-0.15, -0.1) is 0 Å². The molecule has 0 radical (unpaired) electrons. The number of phosphoric ester groups is 1. The quantitative estimate of drug-likeness (QED) is 0.0263. The van der Waals surface area contributed by atoms with E-state index in [2.05, 4.69) is 42.7 Å². The Labute approximate surface area is 360 Å². The predicted molar refractivity (Wildman–Crippen MR) is 226 cm³/mol. The number of aliphatic carboxylic acids is 1. The number of esters is 2. The van der Waals surface area contributed by atoms with E-state index in [1.165, 1.54) is 77.0 Å². The molecule has 3 atom stereocenters. The number of phosphoric acid groups is 1. The van der Waals surface area contributed by atoms with Crippen molar-refractivity contribution in [1.29, 1.82) is 0 Å². The SMILES string of the molecule is CCCCCCCC/C=C\CCCCCCCC(=O)OC[C@H](COP(=O)([O-])OCC([NH-])C(=O)O)OC(=O)CCCCCCC/C=C\CCCCCCCC.[NH2-].[NH2-].[Pt+4]. The molecule has 338 valence electrons. The molecule has 6 N–H and O–H groups in total. The molecule has 0 aliphatic carbocycles. The van der Waals surface area contributed by atoms with Crippen molar-refractivity contribution in [3.63, 3.8) is 0 Å². The topological polar surface area (TPSA) is 239 Å². The van der Waals surface area contributed by atoms with Crippen LogP contribution < -0.4 is 4.89 Å². The monoisotopic (exact) mass is 1010 g/mol. The standard InChI is InChI=1S/C42H77NO10P.2H2N.Pt/c1-3-5-7-9-11-13-15-17-19-21-23-25-27-29-31-33-40(44)50-35-38(36-51-54(48,49)52-37-39(43)42(46)47)53-41(45)34-32-30-28-26-24-22-20-18-16-14-12-10-8-6-4-2;;;/h17-20,38-39,43H,3-16,21-37H2,1-2H3,(H,46,47)(H,48,49);2*1H2;/q3*-1;+4/p-1/b19-17-,20-18-;;;/t38-,39?;;;/m1.../s1. The molecular weight excluding hydrogens is 933 g/mol. The average molecular weight is 1010 g/mol. The Morgan fingerprint density at radius 1 is 0.579 bits per heavy atom. The molecular formula is C42H80N3O10PPt. The van der Waals surface area contributed by atoms with Crippen LogP contribution in [-0.4, -0.2) is 55.0 Å². The van der Waals surface area contributed by atoms with Crippen molar-refractivity contribution in [2.24, 2.45) is 0 Å². The maximum atomic E-state index is 12.6. The smallest absolute Gasteiger partial charge is 0.756 e. The fraction of sp³-hybridized carbons (Fsp3) is 0.833. The molecule has 15 heteroatoms. The normalized spacial score (nSPS) is 13.3. The van der Waals surface area contributed by atoms with Crippen LogP contribution in [-0.2, 0) is 58.5 Å². The van der Waals surface area contributed by atoms with Crippen LogP contribution in [0.5, 0.6) is 0 Å². The summed E-state index contributed by atoms with van der Waals surface area (Å²) in [5.74, 6) is -2.59. The van der Waals surface area contributed by atoms with Gasteiger partial charge in [-0.2, -0.15) is 0 Å². The molecule has 0 amide bonds. The van der Waals surface area contributed by atoms with Crippen molar-refractivity contribution >= 4 is 25.7 Å². The largest absolute Gasteiger partial charge is 4.00 e. The second-order valence-electron chi connectivity index (χ2n) is 14.4. The van der Waals surface area contributed by atoms with Crippen molar-refractivity contribution in [1.82, 2.24) is 0 Å². The summed E-state index contributed by atoms with van der Waals surface area (Å²) in [6.45, 7) is 2.47. The van der Waals surface area contributed by atoms with Crippen LogP contribution in [0.25, 0.3) is 18.0 Å². The van der Waals surface area contributed by atoms with Crippen LogP contribution in [0.3, 0.4) is 0 Å². The first-order chi connectivity index (χ1) is 26.1. The molecule has 0 aromatic carbocycles. The number of hydrogen-bond donors (Lipinski definition) is 1. The van der Waals surface area contributed by atoms with E-state index >= 15 is 0 Å². The molecule has 0 heterocycles. The van der Waals surface area contributed by atoms with Crippen LogP contribution in [0.15, 0.2) is 24.3 Å². The van der Waals surface area contributed by atoms with E-state index in [0.29, 0.717) is 12.8 Å². The Bertz CT molecular complexity index is 1040. The molecule has 57 heavy (non-hydrogen) atoms. The fourth-order valence-electron chi connectivity index (χ4n) is 5.75. The Morgan fingerprint density at radius 3 is 1.33 bits per heavy atom. The van der Waals surface area contributed by atoms with Gasteiger partial charge in [0.25, 0.3) is 13.8 Å². The average Bonchev–Trinajstić information content (AvgIpc) is 3.14. The summed E-state index contributed by atoms with van der Waals surface area (Å²) in [6, 6.07) is -1.81. The number of nitrogens with two attached hydrogens (primary N) is 2. The third kappa shape index (κ3) is 45.5. The van der Waals surface area contributed by atoms with E-state index < -0.39 is 57.7 Å². The Kier molecular flexibility index (Phi) is 49.8. The van der Waals surface area contributed by atoms with Gasteiger partial charge in [-0.3, -0.25) is 18.9 Å². The molecule has 0 aliphatic rings. The second-order valence-corrected chi connectivity index (χ2v) is 15.8. The van der Waals surface area contributed by atoms with Gasteiger partial charge in [-0.05, 0) is 70.3 Å². The second kappa shape index (κ2) is 45.6. The molecule has 0 spiro atoms. The minimum Gasteiger partial charge on any atom is -0.756 e. The fourth-order valence-corrected chi connectivity index (χ4v) is 6.50. The molecule has 0 saturated carbocycles. The maximum absolute atomic E-state index is 12.6. The number of carboxylic acids is 1. The number of carbonyl (C=O) groups excluding carboxylic acids is 2. The van der Waals surface area contributed by atoms with Crippen LogP contribution in [0.1, 0.15) is 194 Å². The molecule has 0 saturated heterocycles. The van der Waals surface area contributed by atoms with E-state index in [4.69, 9.17) is 24.8 Å². The number of carbonyl (C=O) groups is 3. The van der Waals surface area contributed by atoms with Crippen molar-refractivity contribution in [3.8, 4) is 0 Å². The van der Waals surface area contributed by atoms with Gasteiger partial charge in [0.15, 0.2) is 6.10 Å². The Morgan fingerprint density at radius 2 is 0.930 bits per heavy atom. The number of carboxylic acid groups (broad SMARTS) is 1. The van der Waals surface area contributed by atoms with E-state index in [-0.39, 0.29) is 46.2 Å². The van der Waals surface area contributed by atoms with Gasteiger partial charge < -0.3 is 46.6 Å². The zero-order valence-corrected chi connectivity index (χ0v) is 38.6. The number of rotatable bonds is 40. The number of nitrogens with one attached hydrogen (secondary N) is 1. The maximum Gasteiger partial charge on any atom is 4.00 e. The van der Waals surface area contributed by atoms with Crippen LogP contribution >= 0.6 is 7.82 Å². The van der Waals surface area contributed by atoms with Crippen LogP contribution in [0.4, 0.5) is 0 Å². The van der Waals surface area contributed by atoms with Crippen molar-refractivity contribution in [2.45, 2.75) is 206 Å². The Balaban J connectivity index is -0.00000468. The first-order valence-electron chi connectivity index (χ1n) is 21.3. The van der Waals surface area contributed by atoms with Gasteiger partial charge in [0.1, 0.15) is 6.61 Å². The van der Waals surface area contributed by atoms with E-state index in [0.717, 1.165) is 77.0 Å². The van der Waals surface area contributed by atoms with Gasteiger partial charge in [0.2, 0.25) is 0 Å². The summed E-state index contributed by atoms with van der Waals surface area (Å²) in [4.78, 5) is 47.9. The van der Waals surface area contributed by atoms with E-state index in [1.54, 1.807) is 0 Å². The summed E-state index contributed by atoms with van der Waals surface area (Å²) in [5, 5.41) is 8.79. The summed E-state index contributed by atoms with van der Waals surface area (Å²) < 4.78 is 32.1.